The predicted octanol–water partition coefficient (Wildman–Crippen LogP) is 4.45. The molecule has 1 spiro atoms. The molecule has 144 valence electrons. The Kier molecular flexibility index (Phi) is 3.73. The average Bonchev–Trinajstić information content (AvgIpc) is 2.66. The largest absolute Gasteiger partial charge is 0.478 e. The molecule has 1 aromatic carbocycles. The summed E-state index contributed by atoms with van der Waals surface area (Å²) < 4.78 is 5.76. The zero-order valence-corrected chi connectivity index (χ0v) is 15.5. The minimum absolute atomic E-state index is 0.0670. The average molecular weight is 378 g/mol. The molecule has 3 N–H and O–H groups in total. The van der Waals surface area contributed by atoms with Gasteiger partial charge < -0.3 is 15.3 Å². The lowest BCUT2D eigenvalue weighted by Gasteiger charge is -2.47. The van der Waals surface area contributed by atoms with Crippen LogP contribution in [0.25, 0.3) is 22.1 Å². The molecular weight excluding hydrogens is 356 g/mol. The number of benzene rings is 1. The van der Waals surface area contributed by atoms with E-state index < -0.39 is 5.97 Å². The number of hydrogen-bond acceptors (Lipinski definition) is 5. The molecule has 0 unspecified atom stereocenters. The Bertz CT molecular complexity index is 1170. The van der Waals surface area contributed by atoms with Crippen molar-refractivity contribution in [3.63, 3.8) is 0 Å². The monoisotopic (exact) mass is 378 g/mol. The summed E-state index contributed by atoms with van der Waals surface area (Å²) in [5.41, 5.74) is 7.51. The van der Waals surface area contributed by atoms with Crippen LogP contribution in [0.1, 0.15) is 66.8 Å². The molecule has 2 aromatic heterocycles. The van der Waals surface area contributed by atoms with Gasteiger partial charge in [0.05, 0.1) is 10.8 Å². The molecule has 0 radical (unpaired) electrons. The van der Waals surface area contributed by atoms with Crippen LogP contribution in [0, 0.1) is 5.41 Å². The second-order valence-corrected chi connectivity index (χ2v) is 8.39. The molecule has 5 rings (SSSR count). The topological polar surface area (TPSA) is 106 Å². The Morgan fingerprint density at radius 3 is 2.54 bits per heavy atom. The van der Waals surface area contributed by atoms with Crippen molar-refractivity contribution in [3.05, 3.63) is 45.6 Å². The number of carboxylic acids is 1. The number of nitrogen functional groups attached to an aromatic ring is 1. The van der Waals surface area contributed by atoms with Gasteiger partial charge in [-0.2, -0.15) is 4.98 Å². The van der Waals surface area contributed by atoms with Crippen molar-refractivity contribution in [1.29, 1.82) is 0 Å². The van der Waals surface area contributed by atoms with E-state index in [0.29, 0.717) is 22.3 Å². The summed E-state index contributed by atoms with van der Waals surface area (Å²) in [5, 5.41) is 9.87. The summed E-state index contributed by atoms with van der Waals surface area (Å²) in [4.78, 5) is 28.3. The van der Waals surface area contributed by atoms with Crippen molar-refractivity contribution in [3.8, 4) is 0 Å². The van der Waals surface area contributed by atoms with Gasteiger partial charge in [0.2, 0.25) is 11.1 Å². The summed E-state index contributed by atoms with van der Waals surface area (Å²) >= 11 is 0. The van der Waals surface area contributed by atoms with Gasteiger partial charge in [-0.1, -0.05) is 12.5 Å². The zero-order chi connectivity index (χ0) is 19.5. The molecule has 2 saturated carbocycles. The minimum Gasteiger partial charge on any atom is -0.478 e. The Hall–Kier alpha value is -2.89. The molecule has 0 bridgehead atoms. The van der Waals surface area contributed by atoms with Crippen LogP contribution in [0.2, 0.25) is 0 Å². The molecule has 6 nitrogen and oxygen atoms in total. The smallest absolute Gasteiger partial charge is 0.339 e. The SMILES string of the molecule is Nc1nc2oc3ccc(C4CCC5(CCC5)CC4)cc3c(=O)c2cc1C(=O)O. The number of anilines is 1. The minimum atomic E-state index is -1.22. The van der Waals surface area contributed by atoms with Crippen LogP contribution in [0.5, 0.6) is 0 Å². The van der Waals surface area contributed by atoms with Gasteiger partial charge in [0, 0.05) is 0 Å². The van der Waals surface area contributed by atoms with E-state index in [1.165, 1.54) is 38.2 Å². The molecule has 2 fully saturated rings. The lowest BCUT2D eigenvalue weighted by Crippen LogP contribution is -2.33. The van der Waals surface area contributed by atoms with Crippen LogP contribution in [0.3, 0.4) is 0 Å². The molecule has 0 atom stereocenters. The van der Waals surface area contributed by atoms with E-state index in [0.717, 1.165) is 18.4 Å². The van der Waals surface area contributed by atoms with Crippen LogP contribution in [0.4, 0.5) is 5.82 Å². The van der Waals surface area contributed by atoms with Gasteiger partial charge in [0.1, 0.15) is 17.0 Å². The van der Waals surface area contributed by atoms with Gasteiger partial charge >= 0.3 is 5.97 Å². The molecular formula is C22H22N2O4. The second-order valence-electron chi connectivity index (χ2n) is 8.39. The summed E-state index contributed by atoms with van der Waals surface area (Å²) in [6, 6.07) is 7.04. The third kappa shape index (κ3) is 2.58. The molecule has 2 aliphatic carbocycles. The van der Waals surface area contributed by atoms with Gasteiger partial charge in [-0.05, 0) is 73.6 Å². The fourth-order valence-corrected chi connectivity index (χ4v) is 4.98. The second kappa shape index (κ2) is 6.06. The summed E-state index contributed by atoms with van der Waals surface area (Å²) in [5.74, 6) is -0.914. The first-order valence-electron chi connectivity index (χ1n) is 9.86. The van der Waals surface area contributed by atoms with Crippen molar-refractivity contribution in [2.45, 2.75) is 50.9 Å². The van der Waals surface area contributed by atoms with E-state index in [4.69, 9.17) is 10.2 Å². The van der Waals surface area contributed by atoms with Crippen molar-refractivity contribution < 1.29 is 14.3 Å². The lowest BCUT2D eigenvalue weighted by atomic mass is 9.58. The highest BCUT2D eigenvalue weighted by Gasteiger charge is 2.40. The Morgan fingerprint density at radius 2 is 1.89 bits per heavy atom. The first-order valence-corrected chi connectivity index (χ1v) is 9.86. The quantitative estimate of drug-likeness (QED) is 0.638. The number of fused-ring (bicyclic) bond motifs is 2. The maximum atomic E-state index is 13.0. The predicted molar refractivity (Wildman–Crippen MR) is 107 cm³/mol. The van der Waals surface area contributed by atoms with Gasteiger partial charge in [0.25, 0.3) is 0 Å². The number of aromatic nitrogens is 1. The number of carbonyl (C=O) groups is 1. The maximum Gasteiger partial charge on any atom is 0.339 e. The third-order valence-electron chi connectivity index (χ3n) is 6.88. The van der Waals surface area contributed by atoms with Gasteiger partial charge in [-0.3, -0.25) is 4.79 Å². The van der Waals surface area contributed by atoms with Crippen LogP contribution >= 0.6 is 0 Å². The highest BCUT2D eigenvalue weighted by Crippen LogP contribution is 2.54. The molecule has 6 heteroatoms. The van der Waals surface area contributed by atoms with Crippen molar-refractivity contribution in [2.24, 2.45) is 5.41 Å². The third-order valence-corrected chi connectivity index (χ3v) is 6.88. The Labute approximate surface area is 161 Å². The molecule has 2 heterocycles. The fourth-order valence-electron chi connectivity index (χ4n) is 4.98. The highest BCUT2D eigenvalue weighted by molar-refractivity contribution is 5.98. The number of nitrogens with two attached hydrogens (primary N) is 1. The fraction of sp³-hybridized carbons (Fsp3) is 0.409. The first kappa shape index (κ1) is 17.2. The molecule has 2 aliphatic rings. The van der Waals surface area contributed by atoms with E-state index in [9.17, 15) is 14.7 Å². The van der Waals surface area contributed by atoms with Crippen LogP contribution in [-0.4, -0.2) is 16.1 Å². The summed E-state index contributed by atoms with van der Waals surface area (Å²) in [6.07, 6.45) is 8.97. The highest BCUT2D eigenvalue weighted by atomic mass is 16.4. The molecule has 28 heavy (non-hydrogen) atoms. The number of carboxylic acid groups (broad SMARTS) is 1. The summed E-state index contributed by atoms with van der Waals surface area (Å²) in [6.45, 7) is 0. The van der Waals surface area contributed by atoms with Crippen molar-refractivity contribution in [2.75, 3.05) is 5.73 Å². The number of hydrogen-bond donors (Lipinski definition) is 2. The van der Waals surface area contributed by atoms with Crippen LogP contribution in [0.15, 0.2) is 33.5 Å². The van der Waals surface area contributed by atoms with E-state index in [1.54, 1.807) is 0 Å². The van der Waals surface area contributed by atoms with Crippen LogP contribution in [-0.2, 0) is 0 Å². The molecule has 0 amide bonds. The van der Waals surface area contributed by atoms with E-state index in [-0.39, 0.29) is 27.9 Å². The van der Waals surface area contributed by atoms with E-state index in [1.807, 2.05) is 18.2 Å². The van der Waals surface area contributed by atoms with E-state index >= 15 is 0 Å². The van der Waals surface area contributed by atoms with Crippen molar-refractivity contribution in [1.82, 2.24) is 4.98 Å². The first-order chi connectivity index (χ1) is 13.5. The molecule has 3 aromatic rings. The lowest BCUT2D eigenvalue weighted by molar-refractivity contribution is 0.0692. The number of rotatable bonds is 2. The standard InChI is InChI=1S/C22H22N2O4/c23-19-16(21(26)27)11-15-18(25)14-10-13(2-3-17(14)28-20(15)24-19)12-4-8-22(9-5-12)6-1-7-22/h2-3,10-12H,1,4-9H2,(H2,23,24)(H,26,27). The van der Waals surface area contributed by atoms with Gasteiger partial charge in [0.15, 0.2) is 0 Å². The Morgan fingerprint density at radius 1 is 1.14 bits per heavy atom. The van der Waals surface area contributed by atoms with Crippen molar-refractivity contribution >= 4 is 33.9 Å². The molecule has 0 aliphatic heterocycles. The normalized spacial score (nSPS) is 19.1. The maximum absolute atomic E-state index is 13.0. The number of pyridine rings is 1. The number of aromatic carboxylic acids is 1. The summed E-state index contributed by atoms with van der Waals surface area (Å²) in [7, 11) is 0. The van der Waals surface area contributed by atoms with Gasteiger partial charge in [-0.15, -0.1) is 0 Å². The Balaban J connectivity index is 1.58. The molecule has 0 saturated heterocycles. The van der Waals surface area contributed by atoms with E-state index in [2.05, 4.69) is 4.98 Å². The van der Waals surface area contributed by atoms with Crippen LogP contribution < -0.4 is 11.2 Å². The number of nitrogens with zero attached hydrogens (tertiary/aromatic N) is 1. The van der Waals surface area contributed by atoms with Gasteiger partial charge in [-0.25, -0.2) is 4.79 Å². The zero-order valence-electron chi connectivity index (χ0n) is 15.5.